The first-order chi connectivity index (χ1) is 16.9. The highest BCUT2D eigenvalue weighted by atomic mass is 32.1. The molecule has 186 valence electrons. The van der Waals surface area contributed by atoms with Gasteiger partial charge in [0.2, 0.25) is 0 Å². The average Bonchev–Trinajstić information content (AvgIpc) is 2.85. The zero-order valence-corrected chi connectivity index (χ0v) is 21.4. The summed E-state index contributed by atoms with van der Waals surface area (Å²) < 4.78 is 13.2. The Morgan fingerprint density at radius 3 is 2.40 bits per heavy atom. The number of benzene rings is 2. The molecule has 3 aromatic rings. The van der Waals surface area contributed by atoms with Crippen LogP contribution in [0.1, 0.15) is 62.4 Å². The fraction of sp³-hybridized carbons (Fsp3) is 0.444. The molecule has 2 aromatic carbocycles. The number of nitrogens with one attached hydrogen (secondary N) is 2. The summed E-state index contributed by atoms with van der Waals surface area (Å²) in [6, 6.07) is 11.0. The highest BCUT2D eigenvalue weighted by Gasteiger charge is 2.23. The van der Waals surface area contributed by atoms with E-state index >= 15 is 0 Å². The van der Waals surface area contributed by atoms with Crippen LogP contribution in [0.5, 0.6) is 11.5 Å². The number of nitrogens with zero attached hydrogens (tertiary/aromatic N) is 1. The van der Waals surface area contributed by atoms with Gasteiger partial charge in [-0.3, -0.25) is 14.2 Å². The molecule has 4 rings (SSSR count). The number of fused-ring (bicyclic) bond motifs is 1. The molecule has 1 aliphatic rings. The van der Waals surface area contributed by atoms with E-state index in [0.29, 0.717) is 58.4 Å². The highest BCUT2D eigenvalue weighted by molar-refractivity contribution is 7.71. The molecule has 0 aliphatic heterocycles. The van der Waals surface area contributed by atoms with Gasteiger partial charge in [-0.05, 0) is 68.6 Å². The largest absolute Gasteiger partial charge is 0.490 e. The third kappa shape index (κ3) is 5.59. The molecule has 1 aromatic heterocycles. The van der Waals surface area contributed by atoms with Crippen LogP contribution in [0.4, 0.5) is 0 Å². The minimum atomic E-state index is -0.208. The molecule has 8 heteroatoms. The standard InChI is InChI=1S/C27H33N3O4S/c1-4-33-23-14-20-22(15-24(23)34-5-2)29-27(35)30(26(20)32)16-18-10-12-19(13-11-18)25(31)28-21-9-7-6-8-17(21)3/h10-15,17,21H,4-9,16H2,1-3H3,(H,28,31)(H,29,35)/t17-,21+/m1/s1. The molecule has 35 heavy (non-hydrogen) atoms. The normalized spacial score (nSPS) is 17.8. The highest BCUT2D eigenvalue weighted by Crippen LogP contribution is 2.31. The number of aromatic nitrogens is 2. The van der Waals surface area contributed by atoms with E-state index < -0.39 is 0 Å². The van der Waals surface area contributed by atoms with Crippen molar-refractivity contribution in [1.29, 1.82) is 0 Å². The van der Waals surface area contributed by atoms with E-state index in [1.54, 1.807) is 24.3 Å². The molecule has 0 radical (unpaired) electrons. The topological polar surface area (TPSA) is 85.4 Å². The van der Waals surface area contributed by atoms with Crippen molar-refractivity contribution in [2.75, 3.05) is 13.2 Å². The first kappa shape index (κ1) is 25.0. The van der Waals surface area contributed by atoms with Crippen molar-refractivity contribution in [3.63, 3.8) is 0 Å². The molecule has 2 N–H and O–H groups in total. The number of rotatable bonds is 8. The van der Waals surface area contributed by atoms with Gasteiger partial charge in [0.25, 0.3) is 11.5 Å². The first-order valence-corrected chi connectivity index (χ1v) is 12.8. The maximum Gasteiger partial charge on any atom is 0.262 e. The molecule has 0 bridgehead atoms. The van der Waals surface area contributed by atoms with Gasteiger partial charge in [-0.2, -0.15) is 0 Å². The molecule has 1 saturated carbocycles. The number of hydrogen-bond acceptors (Lipinski definition) is 5. The Labute approximate surface area is 210 Å². The number of ether oxygens (including phenoxy) is 2. The molecule has 1 amide bonds. The van der Waals surface area contributed by atoms with Gasteiger partial charge in [0.05, 0.1) is 30.7 Å². The van der Waals surface area contributed by atoms with Crippen molar-refractivity contribution in [2.24, 2.45) is 5.92 Å². The molecular weight excluding hydrogens is 462 g/mol. The van der Waals surface area contributed by atoms with Crippen LogP contribution < -0.4 is 20.3 Å². The molecule has 1 fully saturated rings. The monoisotopic (exact) mass is 495 g/mol. The summed E-state index contributed by atoms with van der Waals surface area (Å²) in [4.78, 5) is 29.2. The van der Waals surface area contributed by atoms with Gasteiger partial charge in [-0.15, -0.1) is 0 Å². The third-order valence-electron chi connectivity index (χ3n) is 6.63. The molecule has 2 atom stereocenters. The second kappa shape index (κ2) is 11.1. The van der Waals surface area contributed by atoms with Gasteiger partial charge in [-0.1, -0.05) is 31.9 Å². The molecule has 7 nitrogen and oxygen atoms in total. The molecule has 1 heterocycles. The number of H-pyrrole nitrogens is 1. The quantitative estimate of drug-likeness (QED) is 0.419. The van der Waals surface area contributed by atoms with Crippen LogP contribution >= 0.6 is 12.2 Å². The van der Waals surface area contributed by atoms with Gasteiger partial charge in [0.1, 0.15) is 0 Å². The van der Waals surface area contributed by atoms with Crippen LogP contribution in [0.3, 0.4) is 0 Å². The maximum atomic E-state index is 13.3. The fourth-order valence-electron chi connectivity index (χ4n) is 4.67. The predicted octanol–water partition coefficient (Wildman–Crippen LogP) is 5.21. The van der Waals surface area contributed by atoms with Gasteiger partial charge in [0.15, 0.2) is 16.3 Å². The summed E-state index contributed by atoms with van der Waals surface area (Å²) in [5.41, 5.74) is 1.89. The van der Waals surface area contributed by atoms with Crippen LogP contribution in [0, 0.1) is 10.7 Å². The van der Waals surface area contributed by atoms with E-state index in [1.807, 2.05) is 26.0 Å². The smallest absolute Gasteiger partial charge is 0.262 e. The van der Waals surface area contributed by atoms with Gasteiger partial charge in [0, 0.05) is 17.7 Å². The number of amides is 1. The summed E-state index contributed by atoms with van der Waals surface area (Å²) in [5, 5.41) is 3.66. The lowest BCUT2D eigenvalue weighted by Crippen LogP contribution is -2.41. The van der Waals surface area contributed by atoms with Crippen LogP contribution in [-0.4, -0.2) is 34.7 Å². The molecule has 0 saturated heterocycles. The Balaban J connectivity index is 1.57. The summed E-state index contributed by atoms with van der Waals surface area (Å²) in [5.74, 6) is 1.55. The zero-order valence-electron chi connectivity index (χ0n) is 20.6. The lowest BCUT2D eigenvalue weighted by molar-refractivity contribution is 0.0910. The minimum Gasteiger partial charge on any atom is -0.490 e. The Bertz CT molecular complexity index is 1310. The Kier molecular flexibility index (Phi) is 7.90. The van der Waals surface area contributed by atoms with Crippen molar-refractivity contribution < 1.29 is 14.3 Å². The Morgan fingerprint density at radius 1 is 1.09 bits per heavy atom. The van der Waals surface area contributed by atoms with Crippen molar-refractivity contribution in [3.05, 3.63) is 62.6 Å². The lowest BCUT2D eigenvalue weighted by atomic mass is 9.86. The molecule has 1 aliphatic carbocycles. The third-order valence-corrected chi connectivity index (χ3v) is 6.95. The zero-order chi connectivity index (χ0) is 24.9. The number of carbonyl (C=O) groups excluding carboxylic acids is 1. The summed E-state index contributed by atoms with van der Waals surface area (Å²) in [6.07, 6.45) is 4.59. The minimum absolute atomic E-state index is 0.0518. The lowest BCUT2D eigenvalue weighted by Gasteiger charge is -2.29. The van der Waals surface area contributed by atoms with E-state index in [1.165, 1.54) is 11.0 Å². The van der Waals surface area contributed by atoms with E-state index in [0.717, 1.165) is 24.8 Å². The SMILES string of the molecule is CCOc1cc2[nH]c(=S)n(Cc3ccc(C(=O)N[C@H]4CCCC[C@H]4C)cc3)c(=O)c2cc1OCC. The fourth-order valence-corrected chi connectivity index (χ4v) is 4.92. The summed E-state index contributed by atoms with van der Waals surface area (Å²) in [7, 11) is 0. The van der Waals surface area contributed by atoms with Crippen molar-refractivity contribution in [1.82, 2.24) is 14.9 Å². The van der Waals surface area contributed by atoms with Crippen LogP contribution in [-0.2, 0) is 6.54 Å². The number of hydrogen-bond donors (Lipinski definition) is 2. The number of carbonyl (C=O) groups is 1. The molecule has 0 spiro atoms. The van der Waals surface area contributed by atoms with Crippen molar-refractivity contribution >= 4 is 29.0 Å². The Morgan fingerprint density at radius 2 is 1.74 bits per heavy atom. The van der Waals surface area contributed by atoms with Crippen LogP contribution in [0.2, 0.25) is 0 Å². The average molecular weight is 496 g/mol. The van der Waals surface area contributed by atoms with Crippen molar-refractivity contribution in [3.8, 4) is 11.5 Å². The van der Waals surface area contributed by atoms with Gasteiger partial charge < -0.3 is 19.8 Å². The van der Waals surface area contributed by atoms with Crippen LogP contribution in [0.15, 0.2) is 41.2 Å². The maximum absolute atomic E-state index is 13.3. The van der Waals surface area contributed by atoms with Crippen LogP contribution in [0.25, 0.3) is 10.9 Å². The molecular formula is C27H33N3O4S. The van der Waals surface area contributed by atoms with Gasteiger partial charge in [-0.25, -0.2) is 0 Å². The first-order valence-electron chi connectivity index (χ1n) is 12.4. The second-order valence-electron chi connectivity index (χ2n) is 9.07. The molecule has 0 unspecified atom stereocenters. The summed E-state index contributed by atoms with van der Waals surface area (Å²) >= 11 is 5.50. The summed E-state index contributed by atoms with van der Waals surface area (Å²) in [6.45, 7) is 7.22. The second-order valence-corrected chi connectivity index (χ2v) is 9.46. The Hall–Kier alpha value is -3.13. The number of aromatic amines is 1. The van der Waals surface area contributed by atoms with E-state index in [-0.39, 0.29) is 17.5 Å². The van der Waals surface area contributed by atoms with Crippen molar-refractivity contribution in [2.45, 2.75) is 59.0 Å². The van der Waals surface area contributed by atoms with E-state index in [9.17, 15) is 9.59 Å². The van der Waals surface area contributed by atoms with E-state index in [2.05, 4.69) is 17.2 Å². The van der Waals surface area contributed by atoms with Gasteiger partial charge >= 0.3 is 0 Å². The van der Waals surface area contributed by atoms with E-state index in [4.69, 9.17) is 21.7 Å². The predicted molar refractivity (Wildman–Crippen MR) is 140 cm³/mol.